The molecular formula is C9H11NO2. The Balaban J connectivity index is 2.29. The Morgan fingerprint density at radius 3 is 2.42 bits per heavy atom. The number of hydrogen-bond acceptors (Lipinski definition) is 3. The van der Waals surface area contributed by atoms with Crippen molar-refractivity contribution in [2.45, 2.75) is 18.4 Å². The normalized spacial score (nSPS) is 27.1. The van der Waals surface area contributed by atoms with Crippen molar-refractivity contribution in [3.63, 3.8) is 0 Å². The predicted molar refractivity (Wildman–Crippen MR) is 45.1 cm³/mol. The van der Waals surface area contributed by atoms with Crippen molar-refractivity contribution in [2.75, 3.05) is 0 Å². The second kappa shape index (κ2) is 2.38. The highest BCUT2D eigenvalue weighted by molar-refractivity contribution is 5.43. The molecule has 0 bridgehead atoms. The van der Waals surface area contributed by atoms with E-state index >= 15 is 0 Å². The van der Waals surface area contributed by atoms with Crippen molar-refractivity contribution in [2.24, 2.45) is 5.73 Å². The Labute approximate surface area is 70.4 Å². The minimum Gasteiger partial charge on any atom is -0.504 e. The lowest BCUT2D eigenvalue weighted by atomic mass is 10.1. The van der Waals surface area contributed by atoms with Crippen LogP contribution in [0, 0.1) is 0 Å². The molecule has 1 saturated carbocycles. The van der Waals surface area contributed by atoms with Gasteiger partial charge in [0.15, 0.2) is 11.5 Å². The monoisotopic (exact) mass is 165 g/mol. The zero-order valence-corrected chi connectivity index (χ0v) is 6.57. The number of phenols is 2. The van der Waals surface area contributed by atoms with Gasteiger partial charge in [-0.1, -0.05) is 6.07 Å². The Morgan fingerprint density at radius 2 is 1.92 bits per heavy atom. The van der Waals surface area contributed by atoms with Crippen LogP contribution in [0.3, 0.4) is 0 Å². The molecule has 3 heteroatoms. The number of phenolic OH excluding ortho intramolecular Hbond substituents is 2. The number of hydrogen-bond donors (Lipinski definition) is 3. The molecule has 1 aliphatic carbocycles. The maximum absolute atomic E-state index is 9.17. The van der Waals surface area contributed by atoms with Crippen LogP contribution in [0.25, 0.3) is 0 Å². The first-order valence-electron chi connectivity index (χ1n) is 3.96. The van der Waals surface area contributed by atoms with E-state index in [0.717, 1.165) is 12.0 Å². The summed E-state index contributed by atoms with van der Waals surface area (Å²) >= 11 is 0. The van der Waals surface area contributed by atoms with Crippen molar-refractivity contribution in [3.8, 4) is 11.5 Å². The Morgan fingerprint density at radius 1 is 1.25 bits per heavy atom. The van der Waals surface area contributed by atoms with Gasteiger partial charge in [0, 0.05) is 12.0 Å². The number of rotatable bonds is 1. The molecule has 4 N–H and O–H groups in total. The van der Waals surface area contributed by atoms with Crippen molar-refractivity contribution in [3.05, 3.63) is 23.8 Å². The van der Waals surface area contributed by atoms with E-state index in [9.17, 15) is 5.11 Å². The summed E-state index contributed by atoms with van der Waals surface area (Å²) in [5.41, 5.74) is 6.65. The quantitative estimate of drug-likeness (QED) is 0.542. The predicted octanol–water partition coefficient (Wildman–Crippen LogP) is 0.912. The van der Waals surface area contributed by atoms with E-state index in [-0.39, 0.29) is 17.5 Å². The van der Waals surface area contributed by atoms with Gasteiger partial charge in [-0.2, -0.15) is 0 Å². The SMILES string of the molecule is N[C@@H]1C[C@H]1c1ccc(O)c(O)c1. The summed E-state index contributed by atoms with van der Waals surface area (Å²) in [4.78, 5) is 0. The molecule has 0 radical (unpaired) electrons. The molecular weight excluding hydrogens is 154 g/mol. The highest BCUT2D eigenvalue weighted by atomic mass is 16.3. The van der Waals surface area contributed by atoms with Crippen LogP contribution < -0.4 is 5.73 Å². The second-order valence-corrected chi connectivity index (χ2v) is 3.25. The molecule has 1 fully saturated rings. The zero-order chi connectivity index (χ0) is 8.72. The summed E-state index contributed by atoms with van der Waals surface area (Å²) in [5, 5.41) is 18.2. The molecule has 12 heavy (non-hydrogen) atoms. The van der Waals surface area contributed by atoms with Gasteiger partial charge in [0.25, 0.3) is 0 Å². The average molecular weight is 165 g/mol. The molecule has 3 nitrogen and oxygen atoms in total. The molecule has 2 atom stereocenters. The Bertz CT molecular complexity index is 311. The summed E-state index contributed by atoms with van der Waals surface area (Å²) in [6.07, 6.45) is 0.976. The summed E-state index contributed by atoms with van der Waals surface area (Å²) in [6, 6.07) is 5.10. The third-order valence-corrected chi connectivity index (χ3v) is 2.27. The summed E-state index contributed by atoms with van der Waals surface area (Å²) in [7, 11) is 0. The van der Waals surface area contributed by atoms with Crippen LogP contribution in [0.15, 0.2) is 18.2 Å². The molecule has 0 spiro atoms. The van der Waals surface area contributed by atoms with Crippen molar-refractivity contribution in [1.82, 2.24) is 0 Å². The van der Waals surface area contributed by atoms with Gasteiger partial charge < -0.3 is 15.9 Å². The van der Waals surface area contributed by atoms with E-state index in [1.165, 1.54) is 6.07 Å². The fourth-order valence-corrected chi connectivity index (χ4v) is 1.37. The Kier molecular flexibility index (Phi) is 1.48. The van der Waals surface area contributed by atoms with Gasteiger partial charge in [-0.3, -0.25) is 0 Å². The van der Waals surface area contributed by atoms with Crippen LogP contribution in [0.2, 0.25) is 0 Å². The van der Waals surface area contributed by atoms with E-state index in [1.54, 1.807) is 12.1 Å². The molecule has 1 aromatic carbocycles. The fourth-order valence-electron chi connectivity index (χ4n) is 1.37. The smallest absolute Gasteiger partial charge is 0.157 e. The number of aromatic hydroxyl groups is 2. The molecule has 0 saturated heterocycles. The van der Waals surface area contributed by atoms with Crippen LogP contribution in [-0.4, -0.2) is 16.3 Å². The van der Waals surface area contributed by atoms with Gasteiger partial charge >= 0.3 is 0 Å². The standard InChI is InChI=1S/C9H11NO2/c10-7-4-6(7)5-1-2-8(11)9(12)3-5/h1-3,6-7,11-12H,4,10H2/t6-,7+/m0/s1. The van der Waals surface area contributed by atoms with E-state index in [4.69, 9.17) is 10.8 Å². The highest BCUT2D eigenvalue weighted by Crippen LogP contribution is 2.41. The van der Waals surface area contributed by atoms with Crippen LogP contribution >= 0.6 is 0 Å². The van der Waals surface area contributed by atoms with E-state index in [2.05, 4.69) is 0 Å². The maximum Gasteiger partial charge on any atom is 0.157 e. The lowest BCUT2D eigenvalue weighted by Gasteiger charge is -2.01. The minimum absolute atomic E-state index is 0.0633. The second-order valence-electron chi connectivity index (χ2n) is 3.25. The molecule has 0 aliphatic heterocycles. The Hall–Kier alpha value is -1.22. The first kappa shape index (κ1) is 7.43. The zero-order valence-electron chi connectivity index (χ0n) is 6.57. The van der Waals surface area contributed by atoms with Gasteiger partial charge in [-0.25, -0.2) is 0 Å². The summed E-state index contributed by atoms with van der Waals surface area (Å²) in [5.74, 6) is 0.232. The minimum atomic E-state index is -0.0760. The van der Waals surface area contributed by atoms with Crippen LogP contribution in [-0.2, 0) is 0 Å². The lowest BCUT2D eigenvalue weighted by Crippen LogP contribution is -2.00. The van der Waals surface area contributed by atoms with E-state index < -0.39 is 0 Å². The van der Waals surface area contributed by atoms with Crippen LogP contribution in [0.4, 0.5) is 0 Å². The molecule has 0 amide bonds. The third kappa shape index (κ3) is 1.12. The molecule has 1 aliphatic rings. The largest absolute Gasteiger partial charge is 0.504 e. The van der Waals surface area contributed by atoms with E-state index in [1.807, 2.05) is 0 Å². The average Bonchev–Trinajstić information content (AvgIpc) is 2.73. The van der Waals surface area contributed by atoms with Crippen LogP contribution in [0.5, 0.6) is 11.5 Å². The van der Waals surface area contributed by atoms with Gasteiger partial charge in [0.1, 0.15) is 0 Å². The fraction of sp³-hybridized carbons (Fsp3) is 0.333. The summed E-state index contributed by atoms with van der Waals surface area (Å²) < 4.78 is 0. The van der Waals surface area contributed by atoms with Gasteiger partial charge in [0.05, 0.1) is 0 Å². The molecule has 1 aromatic rings. The van der Waals surface area contributed by atoms with Gasteiger partial charge in [0.2, 0.25) is 0 Å². The lowest BCUT2D eigenvalue weighted by molar-refractivity contribution is 0.403. The van der Waals surface area contributed by atoms with Gasteiger partial charge in [-0.15, -0.1) is 0 Å². The number of nitrogens with two attached hydrogens (primary N) is 1. The maximum atomic E-state index is 9.17. The first-order valence-corrected chi connectivity index (χ1v) is 3.96. The van der Waals surface area contributed by atoms with Crippen LogP contribution in [0.1, 0.15) is 17.9 Å². The highest BCUT2D eigenvalue weighted by Gasteiger charge is 2.34. The van der Waals surface area contributed by atoms with Crippen molar-refractivity contribution >= 4 is 0 Å². The first-order chi connectivity index (χ1) is 5.68. The summed E-state index contributed by atoms with van der Waals surface area (Å²) in [6.45, 7) is 0. The molecule has 0 heterocycles. The topological polar surface area (TPSA) is 66.5 Å². The van der Waals surface area contributed by atoms with Crippen molar-refractivity contribution in [1.29, 1.82) is 0 Å². The van der Waals surface area contributed by atoms with Crippen molar-refractivity contribution < 1.29 is 10.2 Å². The van der Waals surface area contributed by atoms with Gasteiger partial charge in [-0.05, 0) is 24.1 Å². The molecule has 64 valence electrons. The molecule has 0 aromatic heterocycles. The molecule has 2 rings (SSSR count). The molecule has 0 unspecified atom stereocenters. The number of benzene rings is 1. The van der Waals surface area contributed by atoms with E-state index in [0.29, 0.717) is 5.92 Å². The third-order valence-electron chi connectivity index (χ3n) is 2.27.